The molecule has 0 bridgehead atoms. The first-order valence-electron chi connectivity index (χ1n) is 12.3. The van der Waals surface area contributed by atoms with Crippen LogP contribution in [-0.2, 0) is 0 Å². The zero-order valence-corrected chi connectivity index (χ0v) is 19.7. The summed E-state index contributed by atoms with van der Waals surface area (Å²) in [5.74, 6) is 0. The molecule has 0 atom stereocenters. The van der Waals surface area contributed by atoms with Crippen LogP contribution in [0.5, 0.6) is 0 Å². The second kappa shape index (κ2) is 8.48. The van der Waals surface area contributed by atoms with E-state index in [0.29, 0.717) is 0 Å². The van der Waals surface area contributed by atoms with Crippen LogP contribution in [0.4, 0.5) is 0 Å². The number of hydrogen-bond acceptors (Lipinski definition) is 1. The number of rotatable bonds is 3. The molecule has 7 rings (SSSR count). The van der Waals surface area contributed by atoms with Crippen molar-refractivity contribution in [1.82, 2.24) is 4.98 Å². The summed E-state index contributed by atoms with van der Waals surface area (Å²) < 4.78 is 0. The van der Waals surface area contributed by atoms with Gasteiger partial charge in [0.1, 0.15) is 0 Å². The first kappa shape index (κ1) is 20.6. The van der Waals surface area contributed by atoms with Gasteiger partial charge in [-0.05, 0) is 66.4 Å². The van der Waals surface area contributed by atoms with Crippen LogP contribution in [-0.4, -0.2) is 4.98 Å². The zero-order valence-electron chi connectivity index (χ0n) is 19.7. The Morgan fingerprint density at radius 1 is 0.361 bits per heavy atom. The quantitative estimate of drug-likeness (QED) is 0.241. The van der Waals surface area contributed by atoms with E-state index in [1.807, 2.05) is 12.4 Å². The van der Waals surface area contributed by atoms with Crippen molar-refractivity contribution in [1.29, 1.82) is 0 Å². The fraction of sp³-hybridized carbons (Fsp3) is 0. The van der Waals surface area contributed by atoms with Gasteiger partial charge in [0.05, 0.1) is 0 Å². The average Bonchev–Trinajstić information content (AvgIpc) is 2.96. The van der Waals surface area contributed by atoms with Gasteiger partial charge >= 0.3 is 0 Å². The molecule has 36 heavy (non-hydrogen) atoms. The monoisotopic (exact) mass is 457 g/mol. The third-order valence-electron chi connectivity index (χ3n) is 7.17. The van der Waals surface area contributed by atoms with Crippen LogP contribution >= 0.6 is 0 Å². The van der Waals surface area contributed by atoms with E-state index in [9.17, 15) is 0 Å². The molecule has 0 saturated carbocycles. The third-order valence-corrected chi connectivity index (χ3v) is 7.17. The molecule has 0 spiro atoms. The number of pyridine rings is 1. The molecule has 0 fully saturated rings. The summed E-state index contributed by atoms with van der Waals surface area (Å²) in [5.41, 5.74) is 7.41. The molecule has 1 nitrogen and oxygen atoms in total. The Morgan fingerprint density at radius 2 is 0.944 bits per heavy atom. The lowest BCUT2D eigenvalue weighted by Gasteiger charge is -2.18. The highest BCUT2D eigenvalue weighted by molar-refractivity contribution is 6.23. The van der Waals surface area contributed by atoms with Crippen LogP contribution in [0.25, 0.3) is 65.7 Å². The van der Waals surface area contributed by atoms with Gasteiger partial charge in [-0.15, -0.1) is 0 Å². The Kier molecular flexibility index (Phi) is 4.85. The summed E-state index contributed by atoms with van der Waals surface area (Å²) in [6, 6.07) is 45.7. The van der Waals surface area contributed by atoms with Crippen molar-refractivity contribution in [3.8, 4) is 33.4 Å². The first-order valence-corrected chi connectivity index (χ1v) is 12.3. The van der Waals surface area contributed by atoms with E-state index >= 15 is 0 Å². The lowest BCUT2D eigenvalue weighted by molar-refractivity contribution is 1.37. The molecule has 0 radical (unpaired) electrons. The van der Waals surface area contributed by atoms with Gasteiger partial charge in [0.2, 0.25) is 0 Å². The first-order chi connectivity index (χ1) is 17.9. The zero-order chi connectivity index (χ0) is 23.9. The van der Waals surface area contributed by atoms with Crippen LogP contribution < -0.4 is 0 Å². The summed E-state index contributed by atoms with van der Waals surface area (Å²) in [4.78, 5) is 4.57. The van der Waals surface area contributed by atoms with E-state index in [0.717, 1.165) is 0 Å². The van der Waals surface area contributed by atoms with Gasteiger partial charge in [0.15, 0.2) is 0 Å². The minimum atomic E-state index is 1.17. The lowest BCUT2D eigenvalue weighted by Crippen LogP contribution is -1.92. The second-order valence-corrected chi connectivity index (χ2v) is 9.19. The van der Waals surface area contributed by atoms with Crippen molar-refractivity contribution in [2.45, 2.75) is 0 Å². The van der Waals surface area contributed by atoms with Crippen LogP contribution in [0.3, 0.4) is 0 Å². The van der Waals surface area contributed by atoms with Gasteiger partial charge in [0.25, 0.3) is 0 Å². The SMILES string of the molecule is c1ccc(-c2ccc(-c3c4ccccc4c(-c4cccc5ccccc45)c4ccncc34)cc2)cc1. The number of benzene rings is 6. The number of nitrogens with zero attached hydrogens (tertiary/aromatic N) is 1. The molecular weight excluding hydrogens is 434 g/mol. The van der Waals surface area contributed by atoms with Crippen LogP contribution in [0, 0.1) is 0 Å². The number of hydrogen-bond donors (Lipinski definition) is 0. The molecule has 0 unspecified atom stereocenters. The van der Waals surface area contributed by atoms with E-state index in [1.165, 1.54) is 65.7 Å². The summed E-state index contributed by atoms with van der Waals surface area (Å²) in [6.45, 7) is 0. The smallest absolute Gasteiger partial charge is 0.0353 e. The molecule has 0 N–H and O–H groups in total. The molecule has 168 valence electrons. The van der Waals surface area contributed by atoms with E-state index in [2.05, 4.69) is 132 Å². The van der Waals surface area contributed by atoms with E-state index in [-0.39, 0.29) is 0 Å². The van der Waals surface area contributed by atoms with Gasteiger partial charge < -0.3 is 0 Å². The molecule has 1 aromatic heterocycles. The third kappa shape index (κ3) is 3.29. The Bertz CT molecular complexity index is 1800. The van der Waals surface area contributed by atoms with Crippen molar-refractivity contribution >= 4 is 32.3 Å². The molecular formula is C35H23N. The average molecular weight is 458 g/mol. The van der Waals surface area contributed by atoms with Gasteiger partial charge in [0, 0.05) is 17.8 Å². The Labute approximate surface area is 210 Å². The molecule has 1 heterocycles. The van der Waals surface area contributed by atoms with Crippen molar-refractivity contribution in [2.75, 3.05) is 0 Å². The fourth-order valence-electron chi connectivity index (χ4n) is 5.53. The Hall–Kier alpha value is -4.75. The number of aromatic nitrogens is 1. The number of fused-ring (bicyclic) bond motifs is 3. The maximum Gasteiger partial charge on any atom is 0.0353 e. The van der Waals surface area contributed by atoms with Gasteiger partial charge in [-0.2, -0.15) is 0 Å². The Balaban J connectivity index is 1.54. The standard InChI is InChI=1S/C35H23N/c1-2-9-24(10-3-1)25-17-19-27(20-18-25)34-30-14-6-7-15-31(30)35(32-21-22-36-23-33(32)34)29-16-8-12-26-11-4-5-13-28(26)29/h1-23H. The molecule has 0 amide bonds. The maximum atomic E-state index is 4.57. The summed E-state index contributed by atoms with van der Waals surface area (Å²) in [5, 5.41) is 7.42. The van der Waals surface area contributed by atoms with Crippen LogP contribution in [0.1, 0.15) is 0 Å². The summed E-state index contributed by atoms with van der Waals surface area (Å²) in [7, 11) is 0. The predicted octanol–water partition coefficient (Wildman–Crippen LogP) is 9.54. The lowest BCUT2D eigenvalue weighted by atomic mass is 9.85. The van der Waals surface area contributed by atoms with Crippen molar-refractivity contribution < 1.29 is 0 Å². The maximum absolute atomic E-state index is 4.57. The van der Waals surface area contributed by atoms with Gasteiger partial charge in [-0.3, -0.25) is 4.98 Å². The molecule has 0 aliphatic heterocycles. The van der Waals surface area contributed by atoms with Gasteiger partial charge in [-0.1, -0.05) is 121 Å². The molecule has 1 heteroatoms. The highest BCUT2D eigenvalue weighted by atomic mass is 14.6. The van der Waals surface area contributed by atoms with E-state index in [4.69, 9.17) is 0 Å². The highest BCUT2D eigenvalue weighted by Crippen LogP contribution is 2.45. The predicted molar refractivity (Wildman–Crippen MR) is 153 cm³/mol. The molecule has 7 aromatic rings. The molecule has 6 aromatic carbocycles. The second-order valence-electron chi connectivity index (χ2n) is 9.19. The Morgan fingerprint density at radius 3 is 1.75 bits per heavy atom. The molecule has 0 saturated heterocycles. The largest absolute Gasteiger partial charge is 0.264 e. The molecule has 0 aliphatic rings. The van der Waals surface area contributed by atoms with Gasteiger partial charge in [-0.25, -0.2) is 0 Å². The van der Waals surface area contributed by atoms with E-state index < -0.39 is 0 Å². The molecule has 0 aliphatic carbocycles. The van der Waals surface area contributed by atoms with Crippen LogP contribution in [0.15, 0.2) is 140 Å². The van der Waals surface area contributed by atoms with Crippen molar-refractivity contribution in [3.63, 3.8) is 0 Å². The summed E-state index contributed by atoms with van der Waals surface area (Å²) >= 11 is 0. The highest BCUT2D eigenvalue weighted by Gasteiger charge is 2.18. The van der Waals surface area contributed by atoms with Crippen molar-refractivity contribution in [2.24, 2.45) is 0 Å². The topological polar surface area (TPSA) is 12.9 Å². The van der Waals surface area contributed by atoms with Crippen molar-refractivity contribution in [3.05, 3.63) is 140 Å². The van der Waals surface area contributed by atoms with E-state index in [1.54, 1.807) is 0 Å². The fourth-order valence-corrected chi connectivity index (χ4v) is 5.53. The normalized spacial score (nSPS) is 11.3. The summed E-state index contributed by atoms with van der Waals surface area (Å²) in [6.07, 6.45) is 3.94. The minimum absolute atomic E-state index is 1.17. The van der Waals surface area contributed by atoms with Crippen LogP contribution in [0.2, 0.25) is 0 Å². The minimum Gasteiger partial charge on any atom is -0.264 e.